The van der Waals surface area contributed by atoms with Crippen LogP contribution < -0.4 is 26.4 Å². The molecule has 2 heterocycles. The first kappa shape index (κ1) is 29.7. The molecule has 10 nitrogen and oxygen atoms in total. The van der Waals surface area contributed by atoms with E-state index in [1.807, 2.05) is 38.1 Å². The molecule has 0 saturated heterocycles. The third-order valence-electron chi connectivity index (χ3n) is 7.51. The molecule has 0 spiro atoms. The van der Waals surface area contributed by atoms with Crippen LogP contribution in [0.5, 0.6) is 5.75 Å². The van der Waals surface area contributed by atoms with Gasteiger partial charge >= 0.3 is 12.0 Å². The van der Waals surface area contributed by atoms with Gasteiger partial charge in [-0.25, -0.2) is 9.59 Å². The van der Waals surface area contributed by atoms with E-state index in [1.54, 1.807) is 0 Å². The van der Waals surface area contributed by atoms with Crippen molar-refractivity contribution in [1.29, 1.82) is 0 Å². The number of aliphatic carboxylic acids is 1. The second-order valence-corrected chi connectivity index (χ2v) is 11.3. The van der Waals surface area contributed by atoms with Crippen LogP contribution in [0.4, 0.5) is 4.79 Å². The van der Waals surface area contributed by atoms with Crippen molar-refractivity contribution in [3.63, 3.8) is 0 Å². The van der Waals surface area contributed by atoms with E-state index in [4.69, 9.17) is 15.2 Å². The summed E-state index contributed by atoms with van der Waals surface area (Å²) >= 11 is 0. The molecule has 4 rings (SSSR count). The van der Waals surface area contributed by atoms with Crippen molar-refractivity contribution >= 4 is 17.9 Å². The quantitative estimate of drug-likeness (QED) is 0.378. The van der Waals surface area contributed by atoms with Gasteiger partial charge in [0.25, 0.3) is 0 Å². The number of nitrogens with two attached hydrogens (primary N) is 1. The molecule has 5 unspecified atom stereocenters. The molecule has 3 amide bonds. The number of urea groups is 1. The molecule has 1 aromatic carbocycles. The Balaban J connectivity index is 1.76. The van der Waals surface area contributed by atoms with Gasteiger partial charge in [-0.2, -0.15) is 0 Å². The van der Waals surface area contributed by atoms with Gasteiger partial charge < -0.3 is 36.3 Å². The Morgan fingerprint density at radius 1 is 1.18 bits per heavy atom. The van der Waals surface area contributed by atoms with Crippen molar-refractivity contribution in [2.45, 2.75) is 89.4 Å². The van der Waals surface area contributed by atoms with Crippen LogP contribution in [0.1, 0.15) is 64.9 Å². The third kappa shape index (κ3) is 8.87. The van der Waals surface area contributed by atoms with Gasteiger partial charge in [-0.1, -0.05) is 26.0 Å². The first-order chi connectivity index (χ1) is 18.1. The number of hydrogen-bond acceptors (Lipinski definition) is 6. The van der Waals surface area contributed by atoms with Crippen molar-refractivity contribution < 1.29 is 29.0 Å². The van der Waals surface area contributed by atoms with E-state index in [0.29, 0.717) is 19.8 Å². The van der Waals surface area contributed by atoms with Gasteiger partial charge in [-0.15, -0.1) is 0 Å². The molecule has 1 aliphatic carbocycles. The Morgan fingerprint density at radius 3 is 2.53 bits per heavy atom. The summed E-state index contributed by atoms with van der Waals surface area (Å²) in [7, 11) is 0. The lowest BCUT2D eigenvalue weighted by Gasteiger charge is -2.31. The number of amides is 3. The largest absolute Gasteiger partial charge is 0.494 e. The maximum atomic E-state index is 13.4. The van der Waals surface area contributed by atoms with Gasteiger partial charge in [-0.05, 0) is 75.0 Å². The van der Waals surface area contributed by atoms with Crippen molar-refractivity contribution in [3.8, 4) is 5.75 Å². The molecule has 1 aromatic rings. The van der Waals surface area contributed by atoms with Gasteiger partial charge in [0.15, 0.2) is 0 Å². The molecule has 1 saturated carbocycles. The minimum Gasteiger partial charge on any atom is -0.494 e. The smallest absolute Gasteiger partial charge is 0.329 e. The van der Waals surface area contributed by atoms with E-state index >= 15 is 0 Å². The topological polar surface area (TPSA) is 152 Å². The highest BCUT2D eigenvalue weighted by atomic mass is 16.5. The second kappa shape index (κ2) is 13.8. The molecule has 38 heavy (non-hydrogen) atoms. The Hall–Kier alpha value is -2.85. The lowest BCUT2D eigenvalue weighted by atomic mass is 9.88. The van der Waals surface area contributed by atoms with Gasteiger partial charge in [-0.3, -0.25) is 4.79 Å². The Kier molecular flexibility index (Phi) is 10.8. The molecule has 0 aromatic heterocycles. The normalized spacial score (nSPS) is 26.7. The average Bonchev–Trinajstić information content (AvgIpc) is 3.26. The number of ether oxygens (including phenoxy) is 2. The van der Waals surface area contributed by atoms with Gasteiger partial charge in [0, 0.05) is 19.1 Å². The summed E-state index contributed by atoms with van der Waals surface area (Å²) in [6.07, 6.45) is 4.62. The predicted molar refractivity (Wildman–Crippen MR) is 144 cm³/mol. The van der Waals surface area contributed by atoms with E-state index in [2.05, 4.69) is 16.0 Å². The standard InChI is InChI=1S/C28H44N4O6/c1-18(2)24-17-37-12-4-5-13-38-22-10-7-19(8-11-22)15-23(25(33)30-24)31-27(36)32-28(3,26(34)35)16-20-6-9-21(29)14-20/h7-8,10-11,18,20-21,23-24H,4-6,9,12-17,29H2,1-3H3,(H,30,33)(H,34,35)(H2,31,32,36). The van der Waals surface area contributed by atoms with Crippen molar-refractivity contribution in [2.24, 2.45) is 17.6 Å². The molecule has 3 aliphatic rings. The van der Waals surface area contributed by atoms with Crippen LogP contribution >= 0.6 is 0 Å². The molecular formula is C28H44N4O6. The number of fused-ring (bicyclic) bond motifs is 13. The van der Waals surface area contributed by atoms with Crippen molar-refractivity contribution in [3.05, 3.63) is 29.8 Å². The van der Waals surface area contributed by atoms with E-state index < -0.39 is 23.6 Å². The fourth-order valence-electron chi connectivity index (χ4n) is 5.07. The molecule has 2 bridgehead atoms. The summed E-state index contributed by atoms with van der Waals surface area (Å²) in [6.45, 7) is 7.01. The van der Waals surface area contributed by atoms with Crippen LogP contribution in [0.15, 0.2) is 24.3 Å². The summed E-state index contributed by atoms with van der Waals surface area (Å²) in [4.78, 5) is 38.7. The fourth-order valence-corrected chi connectivity index (χ4v) is 5.07. The Labute approximate surface area is 225 Å². The van der Waals surface area contributed by atoms with Gasteiger partial charge in [0.05, 0.1) is 19.3 Å². The number of carbonyl (C=O) groups is 3. The summed E-state index contributed by atoms with van der Waals surface area (Å²) < 4.78 is 11.6. The molecule has 2 aliphatic heterocycles. The molecular weight excluding hydrogens is 488 g/mol. The summed E-state index contributed by atoms with van der Waals surface area (Å²) in [6, 6.07) is 5.62. The van der Waals surface area contributed by atoms with Crippen LogP contribution in [0.2, 0.25) is 0 Å². The summed E-state index contributed by atoms with van der Waals surface area (Å²) in [5.41, 5.74) is 5.36. The fraction of sp³-hybridized carbons (Fsp3) is 0.679. The average molecular weight is 533 g/mol. The first-order valence-corrected chi connectivity index (χ1v) is 13.7. The van der Waals surface area contributed by atoms with Gasteiger partial charge in [0.1, 0.15) is 17.3 Å². The number of rotatable bonds is 6. The van der Waals surface area contributed by atoms with Crippen LogP contribution in [-0.4, -0.2) is 66.5 Å². The van der Waals surface area contributed by atoms with Crippen LogP contribution in [0.25, 0.3) is 0 Å². The Morgan fingerprint density at radius 2 is 1.89 bits per heavy atom. The zero-order valence-corrected chi connectivity index (χ0v) is 22.8. The number of nitrogens with one attached hydrogen (secondary N) is 3. The third-order valence-corrected chi connectivity index (χ3v) is 7.51. The SMILES string of the molecule is CC(C)C1COCCCCOc2ccc(cc2)CC(NC(=O)NC(C)(CC2CCC(N)C2)C(=O)O)C(=O)N1. The van der Waals surface area contributed by atoms with E-state index in [-0.39, 0.29) is 42.7 Å². The number of carboxylic acids is 1. The molecule has 0 radical (unpaired) electrons. The van der Waals surface area contributed by atoms with Crippen molar-refractivity contribution in [2.75, 3.05) is 19.8 Å². The number of benzene rings is 1. The van der Waals surface area contributed by atoms with Crippen molar-refractivity contribution in [1.82, 2.24) is 16.0 Å². The highest BCUT2D eigenvalue weighted by Crippen LogP contribution is 2.31. The maximum absolute atomic E-state index is 13.4. The monoisotopic (exact) mass is 532 g/mol. The number of hydrogen-bond donors (Lipinski definition) is 5. The zero-order chi connectivity index (χ0) is 27.7. The van der Waals surface area contributed by atoms with E-state index in [0.717, 1.165) is 43.4 Å². The number of carboxylic acid groups (broad SMARTS) is 1. The maximum Gasteiger partial charge on any atom is 0.329 e. The minimum atomic E-state index is -1.49. The summed E-state index contributed by atoms with van der Waals surface area (Å²) in [5.74, 6) is -0.512. The van der Waals surface area contributed by atoms with Crippen LogP contribution in [0, 0.1) is 11.8 Å². The minimum absolute atomic E-state index is 0.0589. The van der Waals surface area contributed by atoms with Crippen LogP contribution in [-0.2, 0) is 20.7 Å². The Bertz CT molecular complexity index is 940. The number of carbonyl (C=O) groups excluding carboxylic acids is 2. The molecule has 6 N–H and O–H groups in total. The van der Waals surface area contributed by atoms with E-state index in [9.17, 15) is 19.5 Å². The molecule has 212 valence electrons. The lowest BCUT2D eigenvalue weighted by Crippen LogP contribution is -2.60. The summed E-state index contributed by atoms with van der Waals surface area (Å²) in [5, 5.41) is 18.3. The first-order valence-electron chi connectivity index (χ1n) is 13.7. The highest BCUT2D eigenvalue weighted by Gasteiger charge is 2.40. The van der Waals surface area contributed by atoms with Crippen LogP contribution in [0.3, 0.4) is 0 Å². The zero-order valence-electron chi connectivity index (χ0n) is 22.8. The highest BCUT2D eigenvalue weighted by molar-refractivity contribution is 5.90. The molecule has 1 fully saturated rings. The predicted octanol–water partition coefficient (Wildman–Crippen LogP) is 2.59. The van der Waals surface area contributed by atoms with E-state index in [1.165, 1.54) is 6.92 Å². The lowest BCUT2D eigenvalue weighted by molar-refractivity contribution is -0.144. The molecule has 10 heteroatoms. The van der Waals surface area contributed by atoms with Gasteiger partial charge in [0.2, 0.25) is 5.91 Å². The molecule has 5 atom stereocenters. The second-order valence-electron chi connectivity index (χ2n) is 11.3.